The number of anilines is 1. The smallest absolute Gasteiger partial charge is 0.224 e. The first kappa shape index (κ1) is 21.1. The molecule has 0 aliphatic carbocycles. The van der Waals surface area contributed by atoms with Crippen LogP contribution in [0.25, 0.3) is 11.0 Å². The number of hydrogen-bond acceptors (Lipinski definition) is 5. The summed E-state index contributed by atoms with van der Waals surface area (Å²) in [6.45, 7) is 3.22. The molecular weight excluding hydrogens is 386 g/mol. The molecule has 0 unspecified atom stereocenters. The Kier molecular flexibility index (Phi) is 7.43. The third-order valence-electron chi connectivity index (χ3n) is 4.44. The fraction of sp³-hybridized carbons (Fsp3) is 0.318. The highest BCUT2D eigenvalue weighted by molar-refractivity contribution is 7.99. The highest BCUT2D eigenvalue weighted by Crippen LogP contribution is 2.25. The number of hydrogen-bond donors (Lipinski definition) is 1. The van der Waals surface area contributed by atoms with Crippen LogP contribution in [0, 0.1) is 0 Å². The normalized spacial score (nSPS) is 11.0. The number of aromatic nitrogens is 2. The molecule has 2 aromatic carbocycles. The quantitative estimate of drug-likeness (QED) is 0.395. The zero-order chi connectivity index (χ0) is 20.6. The van der Waals surface area contributed by atoms with E-state index >= 15 is 0 Å². The number of nitrogens with one attached hydrogen (secondary N) is 1. The number of thioether (sulfide) groups is 1. The predicted octanol–water partition coefficient (Wildman–Crippen LogP) is 4.40. The highest BCUT2D eigenvalue weighted by Gasteiger charge is 2.14. The lowest BCUT2D eigenvalue weighted by Crippen LogP contribution is -2.11. The molecule has 7 heteroatoms. The molecule has 1 aromatic heterocycles. The number of para-hydroxylation sites is 2. The largest absolute Gasteiger partial charge is 0.383 e. The molecule has 0 atom stereocenters. The van der Waals surface area contributed by atoms with Gasteiger partial charge in [0, 0.05) is 31.3 Å². The van der Waals surface area contributed by atoms with Gasteiger partial charge in [0.2, 0.25) is 5.91 Å². The number of ketones is 1. The van der Waals surface area contributed by atoms with Crippen LogP contribution in [0.3, 0.4) is 0 Å². The summed E-state index contributed by atoms with van der Waals surface area (Å²) in [5.74, 6) is 0.293. The molecule has 0 spiro atoms. The minimum absolute atomic E-state index is 0.0166. The van der Waals surface area contributed by atoms with E-state index in [-0.39, 0.29) is 17.4 Å². The summed E-state index contributed by atoms with van der Waals surface area (Å²) < 4.78 is 7.30. The summed E-state index contributed by atoms with van der Waals surface area (Å²) in [7, 11) is 1.67. The standard InChI is InChI=1S/C22H25N3O3S/c1-3-6-21(27)23-17-11-9-16(10-12-17)20(26)15-29-22-24-18-7-4-5-8-19(18)25(22)13-14-28-2/h4-5,7-12H,3,6,13-15H2,1-2H3,(H,23,27). The summed E-state index contributed by atoms with van der Waals surface area (Å²) in [6.07, 6.45) is 1.29. The van der Waals surface area contributed by atoms with Gasteiger partial charge in [0.05, 0.1) is 23.4 Å². The van der Waals surface area contributed by atoms with E-state index in [1.54, 1.807) is 31.4 Å². The van der Waals surface area contributed by atoms with Crippen LogP contribution < -0.4 is 5.32 Å². The number of methoxy groups -OCH3 is 1. The van der Waals surface area contributed by atoms with Crippen LogP contribution in [0.15, 0.2) is 53.7 Å². The molecule has 0 bridgehead atoms. The molecule has 0 fully saturated rings. The van der Waals surface area contributed by atoms with Crippen molar-refractivity contribution in [3.63, 3.8) is 0 Å². The van der Waals surface area contributed by atoms with Crippen molar-refractivity contribution >= 4 is 40.2 Å². The second-order valence-electron chi connectivity index (χ2n) is 6.61. The van der Waals surface area contributed by atoms with Crippen LogP contribution in [-0.2, 0) is 16.1 Å². The summed E-state index contributed by atoms with van der Waals surface area (Å²) in [6, 6.07) is 14.9. The van der Waals surface area contributed by atoms with Gasteiger partial charge in [-0.25, -0.2) is 4.98 Å². The van der Waals surface area contributed by atoms with Crippen LogP contribution in [-0.4, -0.2) is 40.7 Å². The molecule has 0 radical (unpaired) electrons. The molecule has 3 aromatic rings. The van der Waals surface area contributed by atoms with E-state index in [4.69, 9.17) is 4.74 Å². The molecule has 152 valence electrons. The molecule has 1 heterocycles. The molecule has 6 nitrogen and oxygen atoms in total. The van der Waals surface area contributed by atoms with E-state index < -0.39 is 0 Å². The van der Waals surface area contributed by atoms with Crippen molar-refractivity contribution in [1.29, 1.82) is 0 Å². The van der Waals surface area contributed by atoms with Gasteiger partial charge in [0.1, 0.15) is 0 Å². The van der Waals surface area contributed by atoms with Gasteiger partial charge in [-0.3, -0.25) is 9.59 Å². The van der Waals surface area contributed by atoms with Gasteiger partial charge >= 0.3 is 0 Å². The Bertz CT molecular complexity index is 983. The Hall–Kier alpha value is -2.64. The summed E-state index contributed by atoms with van der Waals surface area (Å²) in [4.78, 5) is 29.0. The average Bonchev–Trinajstić information content (AvgIpc) is 3.08. The van der Waals surface area contributed by atoms with Crippen molar-refractivity contribution in [1.82, 2.24) is 9.55 Å². The van der Waals surface area contributed by atoms with Crippen LogP contribution in [0.2, 0.25) is 0 Å². The number of carbonyl (C=O) groups excluding carboxylic acids is 2. The predicted molar refractivity (Wildman–Crippen MR) is 117 cm³/mol. The topological polar surface area (TPSA) is 73.2 Å². The Morgan fingerprint density at radius 1 is 1.14 bits per heavy atom. The van der Waals surface area contributed by atoms with Gasteiger partial charge in [-0.15, -0.1) is 0 Å². The van der Waals surface area contributed by atoms with E-state index in [1.165, 1.54) is 11.8 Å². The first-order chi connectivity index (χ1) is 14.1. The molecule has 3 rings (SSSR count). The number of carbonyl (C=O) groups is 2. The van der Waals surface area contributed by atoms with Crippen LogP contribution in [0.5, 0.6) is 0 Å². The lowest BCUT2D eigenvalue weighted by atomic mass is 10.1. The average molecular weight is 412 g/mol. The van der Waals surface area contributed by atoms with Crippen LogP contribution in [0.1, 0.15) is 30.1 Å². The molecule has 0 aliphatic rings. The van der Waals surface area contributed by atoms with Gasteiger partial charge in [-0.2, -0.15) is 0 Å². The van der Waals surface area contributed by atoms with Crippen molar-refractivity contribution in [3.05, 3.63) is 54.1 Å². The molecule has 1 amide bonds. The second-order valence-corrected chi connectivity index (χ2v) is 7.56. The molecule has 0 aliphatic heterocycles. The summed E-state index contributed by atoms with van der Waals surface area (Å²) in [5, 5.41) is 3.63. The fourth-order valence-electron chi connectivity index (χ4n) is 2.97. The van der Waals surface area contributed by atoms with Gasteiger partial charge < -0.3 is 14.6 Å². The highest BCUT2D eigenvalue weighted by atomic mass is 32.2. The molecule has 1 N–H and O–H groups in total. The zero-order valence-electron chi connectivity index (χ0n) is 16.7. The number of nitrogens with zero attached hydrogens (tertiary/aromatic N) is 2. The Morgan fingerprint density at radius 3 is 2.62 bits per heavy atom. The second kappa shape index (κ2) is 10.2. The van der Waals surface area contributed by atoms with Crippen molar-refractivity contribution in [2.45, 2.75) is 31.5 Å². The zero-order valence-corrected chi connectivity index (χ0v) is 17.5. The molecule has 0 saturated carbocycles. The van der Waals surface area contributed by atoms with Gasteiger partial charge in [0.15, 0.2) is 10.9 Å². The number of rotatable bonds is 10. The van der Waals surface area contributed by atoms with Gasteiger partial charge in [0.25, 0.3) is 0 Å². The van der Waals surface area contributed by atoms with Crippen molar-refractivity contribution in [2.75, 3.05) is 24.8 Å². The summed E-state index contributed by atoms with van der Waals surface area (Å²) >= 11 is 1.42. The van der Waals surface area contributed by atoms with Crippen molar-refractivity contribution < 1.29 is 14.3 Å². The maximum atomic E-state index is 12.6. The minimum Gasteiger partial charge on any atom is -0.383 e. The van der Waals surface area contributed by atoms with E-state index in [0.717, 1.165) is 22.6 Å². The summed E-state index contributed by atoms with van der Waals surface area (Å²) in [5.41, 5.74) is 3.26. The number of benzene rings is 2. The lowest BCUT2D eigenvalue weighted by Gasteiger charge is -2.08. The van der Waals surface area contributed by atoms with Gasteiger partial charge in [-0.1, -0.05) is 30.8 Å². The third-order valence-corrected chi connectivity index (χ3v) is 5.42. The number of fused-ring (bicyclic) bond motifs is 1. The fourth-order valence-corrected chi connectivity index (χ4v) is 3.90. The maximum Gasteiger partial charge on any atom is 0.224 e. The first-order valence-corrected chi connectivity index (χ1v) is 10.6. The van der Waals surface area contributed by atoms with Crippen molar-refractivity contribution in [2.24, 2.45) is 0 Å². The molecule has 29 heavy (non-hydrogen) atoms. The maximum absolute atomic E-state index is 12.6. The number of ether oxygens (including phenoxy) is 1. The van der Waals surface area contributed by atoms with E-state index in [0.29, 0.717) is 30.8 Å². The van der Waals surface area contributed by atoms with Crippen molar-refractivity contribution in [3.8, 4) is 0 Å². The molecule has 0 saturated heterocycles. The van der Waals surface area contributed by atoms with Crippen LogP contribution in [0.4, 0.5) is 5.69 Å². The lowest BCUT2D eigenvalue weighted by molar-refractivity contribution is -0.116. The van der Waals surface area contributed by atoms with Crippen LogP contribution >= 0.6 is 11.8 Å². The minimum atomic E-state index is -0.0166. The Labute approximate surface area is 174 Å². The third kappa shape index (κ3) is 5.46. The van der Waals surface area contributed by atoms with Gasteiger partial charge in [-0.05, 0) is 42.8 Å². The molecular formula is C22H25N3O3S. The van der Waals surface area contributed by atoms with E-state index in [1.807, 2.05) is 31.2 Å². The number of imidazole rings is 1. The number of amides is 1. The van der Waals surface area contributed by atoms with E-state index in [9.17, 15) is 9.59 Å². The number of Topliss-reactive ketones (excluding diaryl/α,β-unsaturated/α-hetero) is 1. The first-order valence-electron chi connectivity index (χ1n) is 9.62. The monoisotopic (exact) mass is 411 g/mol. The SMILES string of the molecule is CCCC(=O)Nc1ccc(C(=O)CSc2nc3ccccc3n2CCOC)cc1. The Morgan fingerprint density at radius 2 is 1.90 bits per heavy atom. The van der Waals surface area contributed by atoms with E-state index in [2.05, 4.69) is 14.9 Å². The Balaban J connectivity index is 1.66.